The molecule has 226 valence electrons. The highest BCUT2D eigenvalue weighted by Crippen LogP contribution is 2.59. The third-order valence-corrected chi connectivity index (χ3v) is 10.8. The minimum Gasteiger partial charge on any atom is -0.394 e. The van der Waals surface area contributed by atoms with Crippen molar-refractivity contribution in [2.75, 3.05) is 6.61 Å². The SMILES string of the molecule is C=C1CC[C@H](O[C@@H]2O[C@H](CO)[C@@H](O)[C@H](O)[C@H]2O)C/C1=C/C=C1\CCC[C@]2(C)[C@@H]([C@H](C)/C=C/[C@H](C)C(C)C)CC[C@@H]12. The number of ether oxygens (including phenoxy) is 2. The Morgan fingerprint density at radius 3 is 2.45 bits per heavy atom. The van der Waals surface area contributed by atoms with E-state index < -0.39 is 37.3 Å². The molecule has 1 saturated heterocycles. The van der Waals surface area contributed by atoms with Crippen LogP contribution in [0.2, 0.25) is 0 Å². The number of aliphatic hydroxyl groups is 4. The smallest absolute Gasteiger partial charge is 0.186 e. The van der Waals surface area contributed by atoms with E-state index in [0.29, 0.717) is 41.4 Å². The molecule has 0 aromatic heterocycles. The third-order valence-electron chi connectivity index (χ3n) is 10.8. The van der Waals surface area contributed by atoms with Crippen LogP contribution in [0.15, 0.2) is 47.6 Å². The molecule has 0 spiro atoms. The van der Waals surface area contributed by atoms with E-state index >= 15 is 0 Å². The second-order valence-corrected chi connectivity index (χ2v) is 13.7. The summed E-state index contributed by atoms with van der Waals surface area (Å²) < 4.78 is 11.7. The first kappa shape index (κ1) is 31.7. The van der Waals surface area contributed by atoms with Crippen LogP contribution in [0.4, 0.5) is 0 Å². The minimum atomic E-state index is -1.43. The molecule has 0 radical (unpaired) electrons. The van der Waals surface area contributed by atoms with Gasteiger partial charge >= 0.3 is 0 Å². The van der Waals surface area contributed by atoms with Crippen molar-refractivity contribution in [1.29, 1.82) is 0 Å². The lowest BCUT2D eigenvalue weighted by Gasteiger charge is -2.44. The highest BCUT2D eigenvalue weighted by molar-refractivity contribution is 5.36. The lowest BCUT2D eigenvalue weighted by atomic mass is 9.61. The largest absolute Gasteiger partial charge is 0.394 e. The summed E-state index contributed by atoms with van der Waals surface area (Å²) in [6, 6.07) is 0. The van der Waals surface area contributed by atoms with Gasteiger partial charge in [-0.05, 0) is 91.9 Å². The average Bonchev–Trinajstić information content (AvgIpc) is 3.29. The van der Waals surface area contributed by atoms with Gasteiger partial charge in [0.15, 0.2) is 6.29 Å². The molecule has 6 heteroatoms. The molecule has 0 bridgehead atoms. The van der Waals surface area contributed by atoms with Crippen LogP contribution in [0.3, 0.4) is 0 Å². The standard InChI is InChI=1S/C34H54O6/c1-20(2)21(3)9-10-23(5)27-15-16-28-24(8-7-17-34(27,28)6)12-13-25-18-26(14-11-22(25)4)39-33-32(38)31(37)30(36)29(19-35)40-33/h9-10,12-13,20-21,23,26-33,35-38H,4,7-8,11,14-19H2,1-3,5-6H3/b10-9+,24-12+,25-13-/t21-,23+,26-,27+,28-,29+,30+,31-,32+,33+,34+/m0/s1. The summed E-state index contributed by atoms with van der Waals surface area (Å²) in [5.41, 5.74) is 4.19. The Balaban J connectivity index is 1.43. The maximum Gasteiger partial charge on any atom is 0.186 e. The minimum absolute atomic E-state index is 0.204. The zero-order chi connectivity index (χ0) is 29.2. The summed E-state index contributed by atoms with van der Waals surface area (Å²) in [7, 11) is 0. The Hall–Kier alpha value is -1.28. The maximum absolute atomic E-state index is 10.4. The van der Waals surface area contributed by atoms with E-state index in [9.17, 15) is 20.4 Å². The monoisotopic (exact) mass is 558 g/mol. The zero-order valence-corrected chi connectivity index (χ0v) is 25.3. The second kappa shape index (κ2) is 13.4. The van der Waals surface area contributed by atoms with Gasteiger partial charge in [0.2, 0.25) is 0 Å². The Bertz CT molecular complexity index is 965. The molecule has 0 aromatic rings. The quantitative estimate of drug-likeness (QED) is 0.295. The number of aliphatic hydroxyl groups excluding tert-OH is 4. The Morgan fingerprint density at radius 1 is 1.00 bits per heavy atom. The van der Waals surface area contributed by atoms with Crippen molar-refractivity contribution in [2.24, 2.45) is 35.0 Å². The number of hydrogen-bond acceptors (Lipinski definition) is 6. The van der Waals surface area contributed by atoms with Crippen LogP contribution in [0.5, 0.6) is 0 Å². The van der Waals surface area contributed by atoms with Crippen molar-refractivity contribution in [2.45, 2.75) is 123 Å². The molecule has 0 aromatic carbocycles. The third kappa shape index (κ3) is 6.68. The fourth-order valence-corrected chi connectivity index (χ4v) is 7.72. The van der Waals surface area contributed by atoms with Gasteiger partial charge in [-0.1, -0.05) is 76.6 Å². The molecular weight excluding hydrogens is 504 g/mol. The van der Waals surface area contributed by atoms with E-state index in [1.807, 2.05) is 0 Å². The molecule has 4 fully saturated rings. The molecule has 1 heterocycles. The molecular formula is C34H54O6. The van der Waals surface area contributed by atoms with Crippen LogP contribution in [-0.4, -0.2) is 63.8 Å². The molecule has 0 unspecified atom stereocenters. The van der Waals surface area contributed by atoms with Gasteiger partial charge in [-0.2, -0.15) is 0 Å². The van der Waals surface area contributed by atoms with Gasteiger partial charge in [-0.3, -0.25) is 0 Å². The van der Waals surface area contributed by atoms with Gasteiger partial charge in [0.25, 0.3) is 0 Å². The van der Waals surface area contributed by atoms with Crippen LogP contribution < -0.4 is 0 Å². The molecule has 6 nitrogen and oxygen atoms in total. The van der Waals surface area contributed by atoms with Crippen molar-refractivity contribution in [3.8, 4) is 0 Å². The van der Waals surface area contributed by atoms with Gasteiger partial charge in [-0.25, -0.2) is 0 Å². The molecule has 4 aliphatic rings. The topological polar surface area (TPSA) is 99.4 Å². The van der Waals surface area contributed by atoms with Gasteiger partial charge in [0, 0.05) is 0 Å². The van der Waals surface area contributed by atoms with Crippen LogP contribution in [0.25, 0.3) is 0 Å². The van der Waals surface area contributed by atoms with E-state index in [-0.39, 0.29) is 6.10 Å². The first-order valence-corrected chi connectivity index (χ1v) is 15.7. The molecule has 4 rings (SSSR count). The fourth-order valence-electron chi connectivity index (χ4n) is 7.72. The zero-order valence-electron chi connectivity index (χ0n) is 25.3. The molecule has 1 aliphatic heterocycles. The number of allylic oxidation sites excluding steroid dienone is 6. The summed E-state index contributed by atoms with van der Waals surface area (Å²) in [5.74, 6) is 3.21. The Kier molecular flexibility index (Phi) is 10.6. The van der Waals surface area contributed by atoms with Crippen LogP contribution in [0, 0.1) is 35.0 Å². The molecule has 11 atom stereocenters. The van der Waals surface area contributed by atoms with Crippen LogP contribution in [-0.2, 0) is 9.47 Å². The van der Waals surface area contributed by atoms with Crippen molar-refractivity contribution >= 4 is 0 Å². The van der Waals surface area contributed by atoms with Crippen LogP contribution >= 0.6 is 0 Å². The van der Waals surface area contributed by atoms with Gasteiger partial charge in [0.1, 0.15) is 24.4 Å². The number of hydrogen-bond donors (Lipinski definition) is 4. The Morgan fingerprint density at radius 2 is 1.75 bits per heavy atom. The first-order valence-electron chi connectivity index (χ1n) is 15.7. The highest BCUT2D eigenvalue weighted by Gasteiger charge is 2.50. The Labute approximate surface area is 241 Å². The van der Waals surface area contributed by atoms with Crippen molar-refractivity contribution in [1.82, 2.24) is 0 Å². The normalized spacial score (nSPS) is 42.6. The average molecular weight is 559 g/mol. The predicted molar refractivity (Wildman–Crippen MR) is 158 cm³/mol. The van der Waals surface area contributed by atoms with E-state index in [1.165, 1.54) is 25.7 Å². The first-order chi connectivity index (χ1) is 19.0. The molecule has 0 amide bonds. The number of rotatable bonds is 8. The lowest BCUT2D eigenvalue weighted by Crippen LogP contribution is -2.59. The predicted octanol–water partition coefficient (Wildman–Crippen LogP) is 5.47. The van der Waals surface area contributed by atoms with E-state index in [2.05, 4.69) is 65.5 Å². The molecule has 3 saturated carbocycles. The summed E-state index contributed by atoms with van der Waals surface area (Å²) in [5, 5.41) is 40.1. The van der Waals surface area contributed by atoms with E-state index in [0.717, 1.165) is 30.4 Å². The molecule has 3 aliphatic carbocycles. The summed E-state index contributed by atoms with van der Waals surface area (Å²) in [4.78, 5) is 0. The summed E-state index contributed by atoms with van der Waals surface area (Å²) >= 11 is 0. The number of fused-ring (bicyclic) bond motifs is 1. The van der Waals surface area contributed by atoms with Gasteiger partial charge < -0.3 is 29.9 Å². The van der Waals surface area contributed by atoms with Gasteiger partial charge in [-0.15, -0.1) is 0 Å². The summed E-state index contributed by atoms with van der Waals surface area (Å²) in [6.45, 7) is 15.7. The van der Waals surface area contributed by atoms with Crippen LogP contribution in [0.1, 0.15) is 86.0 Å². The fraction of sp³-hybridized carbons (Fsp3) is 0.765. The molecule has 4 N–H and O–H groups in total. The lowest BCUT2D eigenvalue weighted by molar-refractivity contribution is -0.311. The summed E-state index contributed by atoms with van der Waals surface area (Å²) in [6.07, 6.45) is 11.5. The van der Waals surface area contributed by atoms with Gasteiger partial charge in [0.05, 0.1) is 12.7 Å². The molecule has 40 heavy (non-hydrogen) atoms. The maximum atomic E-state index is 10.4. The second-order valence-electron chi connectivity index (χ2n) is 13.7. The van der Waals surface area contributed by atoms with Crippen molar-refractivity contribution in [3.05, 3.63) is 47.6 Å². The van der Waals surface area contributed by atoms with Crippen molar-refractivity contribution < 1.29 is 29.9 Å². The highest BCUT2D eigenvalue weighted by atomic mass is 16.7. The van der Waals surface area contributed by atoms with E-state index in [1.54, 1.807) is 5.57 Å². The van der Waals surface area contributed by atoms with E-state index in [4.69, 9.17) is 9.47 Å². The van der Waals surface area contributed by atoms with Crippen molar-refractivity contribution in [3.63, 3.8) is 0 Å².